The number of aromatic nitrogens is 1. The lowest BCUT2D eigenvalue weighted by Crippen LogP contribution is -2.50. The Balaban J connectivity index is 1.67. The molecule has 0 unspecified atom stereocenters. The summed E-state index contributed by atoms with van der Waals surface area (Å²) in [5.41, 5.74) is -0.678. The first-order valence-electron chi connectivity index (χ1n) is 9.39. The second-order valence-corrected chi connectivity index (χ2v) is 10.3. The van der Waals surface area contributed by atoms with E-state index in [0.717, 1.165) is 33.9 Å². The molecule has 30 heavy (non-hydrogen) atoms. The van der Waals surface area contributed by atoms with Gasteiger partial charge in [0.15, 0.2) is 0 Å². The summed E-state index contributed by atoms with van der Waals surface area (Å²) in [7, 11) is -4.09. The molecular weight excluding hydrogens is 439 g/mol. The molecule has 0 aliphatic carbocycles. The Labute approximate surface area is 177 Å². The van der Waals surface area contributed by atoms with Gasteiger partial charge in [-0.15, -0.1) is 11.3 Å². The van der Waals surface area contributed by atoms with Crippen LogP contribution < -0.4 is 0 Å². The molecule has 0 spiro atoms. The molecule has 1 aliphatic rings. The van der Waals surface area contributed by atoms with Crippen molar-refractivity contribution in [3.63, 3.8) is 0 Å². The number of alkyl halides is 3. The van der Waals surface area contributed by atoms with Gasteiger partial charge in [0.05, 0.1) is 15.5 Å². The number of halogens is 3. The fourth-order valence-corrected chi connectivity index (χ4v) is 5.58. The lowest BCUT2D eigenvalue weighted by molar-refractivity contribution is -0.137. The monoisotopic (exact) mass is 461 g/mol. The molecule has 1 fully saturated rings. The Kier molecular flexibility index (Phi) is 6.54. The summed E-state index contributed by atoms with van der Waals surface area (Å²) in [6.45, 7) is 4.43. The summed E-state index contributed by atoms with van der Waals surface area (Å²) in [5.74, 6) is 0.154. The van der Waals surface area contributed by atoms with Crippen molar-refractivity contribution in [1.29, 1.82) is 0 Å². The van der Waals surface area contributed by atoms with E-state index in [1.807, 2.05) is 0 Å². The second-order valence-electron chi connectivity index (χ2n) is 7.45. The van der Waals surface area contributed by atoms with Crippen LogP contribution in [0.1, 0.15) is 34.9 Å². The molecular formula is C19H22F3N3O3S2. The SMILES string of the molecule is CC(C)Cc1nc(C(=O)N2CCN(S(=O)(=O)c3cccc(C(F)(F)F)c3)CC2)cs1. The van der Waals surface area contributed by atoms with E-state index < -0.39 is 26.7 Å². The molecule has 0 atom stereocenters. The number of thiazole rings is 1. The lowest BCUT2D eigenvalue weighted by Gasteiger charge is -2.33. The summed E-state index contributed by atoms with van der Waals surface area (Å²) in [6, 6.07) is 3.69. The quantitative estimate of drug-likeness (QED) is 0.683. The predicted octanol–water partition coefficient (Wildman–Crippen LogP) is 3.51. The average molecular weight is 462 g/mol. The number of hydrogen-bond acceptors (Lipinski definition) is 5. The average Bonchev–Trinajstić information content (AvgIpc) is 3.14. The normalized spacial score (nSPS) is 16.3. The fraction of sp³-hybridized carbons (Fsp3) is 0.474. The van der Waals surface area contributed by atoms with Crippen molar-refractivity contribution in [1.82, 2.24) is 14.2 Å². The van der Waals surface area contributed by atoms with Crippen LogP contribution in [0.4, 0.5) is 13.2 Å². The van der Waals surface area contributed by atoms with Crippen molar-refractivity contribution in [3.05, 3.63) is 45.9 Å². The highest BCUT2D eigenvalue weighted by Crippen LogP contribution is 2.31. The number of nitrogens with zero attached hydrogens (tertiary/aromatic N) is 3. The van der Waals surface area contributed by atoms with Gasteiger partial charge >= 0.3 is 6.18 Å². The van der Waals surface area contributed by atoms with Crippen molar-refractivity contribution in [3.8, 4) is 0 Å². The zero-order chi connectivity index (χ0) is 22.1. The standard InChI is InChI=1S/C19H22F3N3O3S2/c1-13(2)10-17-23-16(12-29-17)18(26)24-6-8-25(9-7-24)30(27,28)15-5-3-4-14(11-15)19(20,21)22/h3-5,11-13H,6-10H2,1-2H3. The zero-order valence-corrected chi connectivity index (χ0v) is 18.1. The molecule has 1 aromatic carbocycles. The first-order chi connectivity index (χ1) is 14.0. The Morgan fingerprint density at radius 2 is 1.87 bits per heavy atom. The molecule has 2 aromatic rings. The molecule has 11 heteroatoms. The molecule has 1 aliphatic heterocycles. The van der Waals surface area contributed by atoms with Gasteiger partial charge in [0.1, 0.15) is 5.69 Å². The maximum Gasteiger partial charge on any atom is 0.416 e. The van der Waals surface area contributed by atoms with Crippen LogP contribution in [0.25, 0.3) is 0 Å². The Hall–Kier alpha value is -1.98. The molecule has 1 amide bonds. The van der Waals surface area contributed by atoms with E-state index in [0.29, 0.717) is 17.7 Å². The van der Waals surface area contributed by atoms with Gasteiger partial charge in [-0.1, -0.05) is 19.9 Å². The van der Waals surface area contributed by atoms with Gasteiger partial charge in [0.25, 0.3) is 5.91 Å². The Morgan fingerprint density at radius 1 is 1.20 bits per heavy atom. The topological polar surface area (TPSA) is 70.6 Å². The number of sulfonamides is 1. The van der Waals surface area contributed by atoms with Gasteiger partial charge in [0, 0.05) is 38.0 Å². The van der Waals surface area contributed by atoms with Crippen molar-refractivity contribution in [2.45, 2.75) is 31.3 Å². The summed E-state index contributed by atoms with van der Waals surface area (Å²) < 4.78 is 65.4. The van der Waals surface area contributed by atoms with Crippen LogP contribution in [0.15, 0.2) is 34.5 Å². The third-order valence-electron chi connectivity index (χ3n) is 4.68. The summed E-state index contributed by atoms with van der Waals surface area (Å²) in [5, 5.41) is 2.57. The van der Waals surface area contributed by atoms with Crippen LogP contribution in [0.5, 0.6) is 0 Å². The smallest absolute Gasteiger partial charge is 0.335 e. The third-order valence-corrected chi connectivity index (χ3v) is 7.44. The number of carbonyl (C=O) groups is 1. The summed E-state index contributed by atoms with van der Waals surface area (Å²) in [6.07, 6.45) is -3.85. The van der Waals surface area contributed by atoms with Crippen LogP contribution in [-0.4, -0.2) is 54.7 Å². The molecule has 0 bridgehead atoms. The number of benzene rings is 1. The van der Waals surface area contributed by atoms with Crippen LogP contribution in [0, 0.1) is 5.92 Å². The molecule has 0 N–H and O–H groups in total. The van der Waals surface area contributed by atoms with E-state index in [1.165, 1.54) is 16.2 Å². The number of amides is 1. The molecule has 0 saturated carbocycles. The maximum atomic E-state index is 12.9. The highest BCUT2D eigenvalue weighted by molar-refractivity contribution is 7.89. The van der Waals surface area contributed by atoms with E-state index >= 15 is 0 Å². The second kappa shape index (κ2) is 8.64. The molecule has 164 valence electrons. The van der Waals surface area contributed by atoms with Gasteiger partial charge in [0.2, 0.25) is 10.0 Å². The van der Waals surface area contributed by atoms with Gasteiger partial charge in [-0.05, 0) is 24.1 Å². The van der Waals surface area contributed by atoms with Crippen LogP contribution in [0.2, 0.25) is 0 Å². The van der Waals surface area contributed by atoms with E-state index in [-0.39, 0.29) is 32.1 Å². The minimum atomic E-state index is -4.63. The minimum absolute atomic E-state index is 0.00725. The van der Waals surface area contributed by atoms with Crippen LogP contribution in [0.3, 0.4) is 0 Å². The van der Waals surface area contributed by atoms with Crippen LogP contribution >= 0.6 is 11.3 Å². The van der Waals surface area contributed by atoms with Crippen LogP contribution in [-0.2, 0) is 22.6 Å². The minimum Gasteiger partial charge on any atom is -0.335 e. The lowest BCUT2D eigenvalue weighted by atomic mass is 10.1. The van der Waals surface area contributed by atoms with Gasteiger partial charge in [-0.25, -0.2) is 13.4 Å². The molecule has 2 heterocycles. The predicted molar refractivity (Wildman–Crippen MR) is 107 cm³/mol. The van der Waals surface area contributed by atoms with Crippen molar-refractivity contribution < 1.29 is 26.4 Å². The molecule has 3 rings (SSSR count). The van der Waals surface area contributed by atoms with E-state index in [9.17, 15) is 26.4 Å². The molecule has 1 aromatic heterocycles. The largest absolute Gasteiger partial charge is 0.416 e. The first-order valence-corrected chi connectivity index (χ1v) is 11.7. The van der Waals surface area contributed by atoms with Crippen molar-refractivity contribution in [2.24, 2.45) is 5.92 Å². The number of hydrogen-bond donors (Lipinski definition) is 0. The number of rotatable bonds is 5. The highest BCUT2D eigenvalue weighted by Gasteiger charge is 2.34. The van der Waals surface area contributed by atoms with E-state index in [4.69, 9.17) is 0 Å². The van der Waals surface area contributed by atoms with Crippen molar-refractivity contribution >= 4 is 27.3 Å². The molecule has 1 saturated heterocycles. The van der Waals surface area contributed by atoms with Crippen molar-refractivity contribution in [2.75, 3.05) is 26.2 Å². The molecule has 0 radical (unpaired) electrons. The summed E-state index contributed by atoms with van der Waals surface area (Å²) >= 11 is 1.42. The maximum absolute atomic E-state index is 12.9. The Bertz CT molecular complexity index is 1010. The Morgan fingerprint density at radius 3 is 2.47 bits per heavy atom. The fourth-order valence-electron chi connectivity index (χ4n) is 3.13. The zero-order valence-electron chi connectivity index (χ0n) is 16.5. The van der Waals surface area contributed by atoms with Gasteiger partial charge < -0.3 is 4.90 Å². The van der Waals surface area contributed by atoms with Gasteiger partial charge in [-0.3, -0.25) is 4.79 Å². The highest BCUT2D eigenvalue weighted by atomic mass is 32.2. The first kappa shape index (κ1) is 22.7. The number of carbonyl (C=O) groups excluding carboxylic acids is 1. The molecule has 6 nitrogen and oxygen atoms in total. The third kappa shape index (κ3) is 5.01. The van der Waals surface area contributed by atoms with E-state index in [1.54, 1.807) is 5.38 Å². The number of piperazine rings is 1. The summed E-state index contributed by atoms with van der Waals surface area (Å²) in [4.78, 5) is 18.1. The van der Waals surface area contributed by atoms with E-state index in [2.05, 4.69) is 18.8 Å². The van der Waals surface area contributed by atoms with Gasteiger partial charge in [-0.2, -0.15) is 17.5 Å².